The van der Waals surface area contributed by atoms with Crippen LogP contribution in [0.15, 0.2) is 0 Å². The summed E-state index contributed by atoms with van der Waals surface area (Å²) < 4.78 is 0. The van der Waals surface area contributed by atoms with Gasteiger partial charge in [-0.25, -0.2) is 0 Å². The minimum Gasteiger partial charge on any atom is -0.352 e. The fraction of sp³-hybridized carbons (Fsp3) is 0.909. The minimum absolute atomic E-state index is 0.0582. The number of rotatable bonds is 3. The molecule has 0 radical (unpaired) electrons. The fourth-order valence-corrected chi connectivity index (χ4v) is 1.87. The van der Waals surface area contributed by atoms with Crippen LogP contribution in [-0.2, 0) is 4.79 Å². The average Bonchev–Trinajstić information content (AvgIpc) is 2.20. The normalized spacial score (nSPS) is 21.7. The number of amides is 1. The van der Waals surface area contributed by atoms with Gasteiger partial charge in [0.25, 0.3) is 0 Å². The van der Waals surface area contributed by atoms with Gasteiger partial charge in [-0.2, -0.15) is 0 Å². The predicted molar refractivity (Wildman–Crippen MR) is 66.2 cm³/mol. The van der Waals surface area contributed by atoms with E-state index < -0.39 is 0 Å². The lowest BCUT2D eigenvalue weighted by molar-refractivity contribution is -0.122. The first-order chi connectivity index (χ1) is 7.00. The predicted octanol–water partition coefficient (Wildman–Crippen LogP) is 1.62. The van der Waals surface area contributed by atoms with Crippen molar-refractivity contribution in [3.05, 3.63) is 0 Å². The number of nitrogens with zero attached hydrogens (tertiary/aromatic N) is 1. The molecule has 1 unspecified atom stereocenters. The van der Waals surface area contributed by atoms with E-state index in [0.29, 0.717) is 12.0 Å². The van der Waals surface area contributed by atoms with Gasteiger partial charge in [-0.3, -0.25) is 4.79 Å². The zero-order valence-electron chi connectivity index (χ0n) is 9.79. The summed E-state index contributed by atoms with van der Waals surface area (Å²) in [7, 11) is 2.12. The second kappa shape index (κ2) is 5.85. The molecule has 0 aliphatic carbocycles. The van der Waals surface area contributed by atoms with Crippen molar-refractivity contribution in [3.8, 4) is 0 Å². The van der Waals surface area contributed by atoms with E-state index in [4.69, 9.17) is 0 Å². The van der Waals surface area contributed by atoms with Crippen molar-refractivity contribution in [1.29, 1.82) is 0 Å². The van der Waals surface area contributed by atoms with Crippen LogP contribution in [0, 0.1) is 5.92 Å². The number of hydrogen-bond acceptors (Lipinski definition) is 2. The van der Waals surface area contributed by atoms with E-state index in [1.807, 2.05) is 13.8 Å². The Kier molecular flexibility index (Phi) is 5.06. The molecule has 1 aliphatic rings. The fourth-order valence-electron chi connectivity index (χ4n) is 1.74. The van der Waals surface area contributed by atoms with Gasteiger partial charge in [0.15, 0.2) is 0 Å². The van der Waals surface area contributed by atoms with Crippen LogP contribution in [0.5, 0.6) is 0 Å². The van der Waals surface area contributed by atoms with Crippen molar-refractivity contribution in [2.45, 2.75) is 37.6 Å². The maximum atomic E-state index is 11.8. The van der Waals surface area contributed by atoms with Crippen LogP contribution in [0.25, 0.3) is 0 Å². The molecule has 0 aromatic rings. The van der Waals surface area contributed by atoms with Crippen LogP contribution in [0.2, 0.25) is 0 Å². The van der Waals surface area contributed by atoms with Crippen molar-refractivity contribution in [3.63, 3.8) is 0 Å². The lowest BCUT2D eigenvalue weighted by Gasteiger charge is -2.30. The van der Waals surface area contributed by atoms with Crippen LogP contribution in [-0.4, -0.2) is 41.8 Å². The SMILES string of the molecule is CC(C)C(Br)C(=O)NC1CCN(C)CC1. The number of halogens is 1. The minimum atomic E-state index is -0.0582. The van der Waals surface area contributed by atoms with Crippen LogP contribution < -0.4 is 5.32 Å². The summed E-state index contributed by atoms with van der Waals surface area (Å²) in [5.74, 6) is 0.482. The molecule has 0 aromatic carbocycles. The monoisotopic (exact) mass is 276 g/mol. The molecule has 1 rings (SSSR count). The lowest BCUT2D eigenvalue weighted by atomic mass is 10.0. The summed E-state index contributed by atoms with van der Waals surface area (Å²) in [6, 6.07) is 0.368. The van der Waals surface area contributed by atoms with Crippen LogP contribution in [0.4, 0.5) is 0 Å². The van der Waals surface area contributed by atoms with Crippen LogP contribution >= 0.6 is 15.9 Å². The Labute approximate surface area is 101 Å². The zero-order chi connectivity index (χ0) is 11.4. The molecule has 1 atom stereocenters. The molecule has 15 heavy (non-hydrogen) atoms. The molecule has 0 aromatic heterocycles. The molecular formula is C11H21BrN2O. The highest BCUT2D eigenvalue weighted by molar-refractivity contribution is 9.10. The Morgan fingerprint density at radius 3 is 2.40 bits per heavy atom. The quantitative estimate of drug-likeness (QED) is 0.795. The summed E-state index contributed by atoms with van der Waals surface area (Å²) in [5.41, 5.74) is 0. The van der Waals surface area contributed by atoms with Crippen molar-refractivity contribution in [1.82, 2.24) is 10.2 Å². The number of hydrogen-bond donors (Lipinski definition) is 1. The molecule has 1 amide bonds. The first kappa shape index (κ1) is 13.0. The third-order valence-electron chi connectivity index (χ3n) is 2.90. The zero-order valence-corrected chi connectivity index (χ0v) is 11.4. The third-order valence-corrected chi connectivity index (χ3v) is 4.37. The highest BCUT2D eigenvalue weighted by Gasteiger charge is 2.23. The van der Waals surface area contributed by atoms with E-state index in [1.165, 1.54) is 0 Å². The highest BCUT2D eigenvalue weighted by Crippen LogP contribution is 2.14. The van der Waals surface area contributed by atoms with E-state index in [-0.39, 0.29) is 10.7 Å². The van der Waals surface area contributed by atoms with Crippen molar-refractivity contribution < 1.29 is 4.79 Å². The summed E-state index contributed by atoms with van der Waals surface area (Å²) in [6.45, 7) is 6.26. The van der Waals surface area contributed by atoms with Gasteiger partial charge in [-0.15, -0.1) is 0 Å². The molecule has 88 valence electrons. The third kappa shape index (κ3) is 4.11. The average molecular weight is 277 g/mol. The van der Waals surface area contributed by atoms with Crippen LogP contribution in [0.1, 0.15) is 26.7 Å². The van der Waals surface area contributed by atoms with Gasteiger partial charge in [0.2, 0.25) is 5.91 Å². The maximum Gasteiger partial charge on any atom is 0.234 e. The molecule has 1 aliphatic heterocycles. The number of alkyl halides is 1. The summed E-state index contributed by atoms with van der Waals surface area (Å²) in [4.78, 5) is 14.0. The summed E-state index contributed by atoms with van der Waals surface area (Å²) in [5, 5.41) is 3.11. The Hall–Kier alpha value is -0.0900. The smallest absolute Gasteiger partial charge is 0.234 e. The van der Waals surface area contributed by atoms with Gasteiger partial charge >= 0.3 is 0 Å². The molecule has 1 heterocycles. The lowest BCUT2D eigenvalue weighted by Crippen LogP contribution is -2.46. The number of likely N-dealkylation sites (tertiary alicyclic amines) is 1. The van der Waals surface area contributed by atoms with Gasteiger partial charge < -0.3 is 10.2 Å². The Bertz CT molecular complexity index is 213. The molecule has 0 spiro atoms. The number of carbonyl (C=O) groups is 1. The Morgan fingerprint density at radius 1 is 1.40 bits per heavy atom. The van der Waals surface area contributed by atoms with E-state index in [9.17, 15) is 4.79 Å². The summed E-state index contributed by atoms with van der Waals surface area (Å²) in [6.07, 6.45) is 2.14. The van der Waals surface area contributed by atoms with Gasteiger partial charge in [-0.1, -0.05) is 29.8 Å². The van der Waals surface area contributed by atoms with E-state index >= 15 is 0 Å². The Morgan fingerprint density at radius 2 is 1.93 bits per heavy atom. The van der Waals surface area contributed by atoms with Crippen molar-refractivity contribution in [2.75, 3.05) is 20.1 Å². The van der Waals surface area contributed by atoms with Crippen molar-refractivity contribution in [2.24, 2.45) is 5.92 Å². The van der Waals surface area contributed by atoms with E-state index in [2.05, 4.69) is 33.2 Å². The topological polar surface area (TPSA) is 32.3 Å². The number of nitrogens with one attached hydrogen (secondary N) is 1. The first-order valence-corrected chi connectivity index (χ1v) is 6.55. The molecular weight excluding hydrogens is 256 g/mol. The second-order valence-electron chi connectivity index (χ2n) is 4.73. The van der Waals surface area contributed by atoms with Crippen molar-refractivity contribution >= 4 is 21.8 Å². The first-order valence-electron chi connectivity index (χ1n) is 5.63. The molecule has 1 saturated heterocycles. The largest absolute Gasteiger partial charge is 0.352 e. The highest BCUT2D eigenvalue weighted by atomic mass is 79.9. The second-order valence-corrected chi connectivity index (χ2v) is 5.72. The Balaban J connectivity index is 2.32. The van der Waals surface area contributed by atoms with Gasteiger partial charge in [-0.05, 0) is 38.9 Å². The summed E-state index contributed by atoms with van der Waals surface area (Å²) >= 11 is 3.42. The number of piperidine rings is 1. The van der Waals surface area contributed by atoms with E-state index in [1.54, 1.807) is 0 Å². The molecule has 0 saturated carbocycles. The standard InChI is InChI=1S/C11H21BrN2O/c1-8(2)10(12)11(15)13-9-4-6-14(3)7-5-9/h8-10H,4-7H2,1-3H3,(H,13,15). The molecule has 1 N–H and O–H groups in total. The maximum absolute atomic E-state index is 11.8. The number of carbonyl (C=O) groups excluding carboxylic acids is 1. The molecule has 3 nitrogen and oxygen atoms in total. The molecule has 1 fully saturated rings. The molecule has 0 bridgehead atoms. The van der Waals surface area contributed by atoms with Gasteiger partial charge in [0.1, 0.15) is 0 Å². The molecule has 4 heteroatoms. The van der Waals surface area contributed by atoms with Crippen LogP contribution in [0.3, 0.4) is 0 Å². The van der Waals surface area contributed by atoms with E-state index in [0.717, 1.165) is 25.9 Å². The van der Waals surface area contributed by atoms with Gasteiger partial charge in [0.05, 0.1) is 4.83 Å². The van der Waals surface area contributed by atoms with Gasteiger partial charge in [0, 0.05) is 6.04 Å².